The van der Waals surface area contributed by atoms with Gasteiger partial charge in [0.15, 0.2) is 6.61 Å². The van der Waals surface area contributed by atoms with E-state index in [1.807, 2.05) is 80.1 Å². The van der Waals surface area contributed by atoms with E-state index in [1.54, 1.807) is 21.1 Å². The molecule has 1 aliphatic carbocycles. The van der Waals surface area contributed by atoms with Crippen molar-refractivity contribution in [3.63, 3.8) is 0 Å². The van der Waals surface area contributed by atoms with E-state index < -0.39 is 18.4 Å². The van der Waals surface area contributed by atoms with Gasteiger partial charge in [0.1, 0.15) is 17.5 Å². The van der Waals surface area contributed by atoms with Crippen LogP contribution in [-0.4, -0.2) is 37.4 Å². The second-order valence-electron chi connectivity index (χ2n) is 9.43. The molecule has 7 nitrogen and oxygen atoms in total. The van der Waals surface area contributed by atoms with E-state index in [0.29, 0.717) is 28.7 Å². The van der Waals surface area contributed by atoms with Crippen LogP contribution in [0.5, 0.6) is 0 Å². The Bertz CT molecular complexity index is 1720. The molecular formula is C31H24N4O3S. The second kappa shape index (κ2) is 9.86. The molecule has 8 heteroatoms. The number of carbonyl (C=O) groups is 2. The minimum atomic E-state index is -0.589. The van der Waals surface area contributed by atoms with Crippen molar-refractivity contribution in [1.29, 1.82) is 5.26 Å². The third-order valence-corrected chi connectivity index (χ3v) is 8.01. The summed E-state index contributed by atoms with van der Waals surface area (Å²) in [6.07, 6.45) is 3.54. The molecule has 192 valence electrons. The van der Waals surface area contributed by atoms with Crippen molar-refractivity contribution in [2.24, 2.45) is 0 Å². The van der Waals surface area contributed by atoms with Gasteiger partial charge in [0.05, 0.1) is 28.1 Å². The molecule has 2 aromatic carbocycles. The van der Waals surface area contributed by atoms with Crippen molar-refractivity contribution in [2.75, 3.05) is 30.5 Å². The second-order valence-corrected chi connectivity index (χ2v) is 10.4. The largest absolute Gasteiger partial charge is 0.454 e. The molecule has 2 aliphatic rings. The van der Waals surface area contributed by atoms with E-state index in [2.05, 4.69) is 12.1 Å². The summed E-state index contributed by atoms with van der Waals surface area (Å²) in [6, 6.07) is 21.2. The molecule has 0 saturated carbocycles. The number of ketones is 1. The van der Waals surface area contributed by atoms with Crippen LogP contribution < -0.4 is 9.80 Å². The van der Waals surface area contributed by atoms with Gasteiger partial charge in [-0.3, -0.25) is 4.79 Å². The van der Waals surface area contributed by atoms with Gasteiger partial charge in [-0.15, -0.1) is 11.3 Å². The lowest BCUT2D eigenvalue weighted by atomic mass is 10.0. The summed E-state index contributed by atoms with van der Waals surface area (Å²) >= 11 is 1.65. The van der Waals surface area contributed by atoms with Crippen molar-refractivity contribution in [3.05, 3.63) is 99.1 Å². The molecule has 4 aromatic rings. The molecule has 3 heterocycles. The van der Waals surface area contributed by atoms with Crippen LogP contribution in [0.2, 0.25) is 0 Å². The Morgan fingerprint density at radius 2 is 1.74 bits per heavy atom. The quantitative estimate of drug-likeness (QED) is 0.182. The standard InChI is InChI=1S/C31H24N4O3S/c1-34-25-11-5-6-12-26(25)35(2)30(34)23(17-32)27(36)18-38-31(37)28-21-9-3-4-10-24(21)33-29-19(13-14-22(28)29)16-20-8-7-15-39-20/h3-12,15-16H,13-14,18H2,1-2H3/b19-16+. The van der Waals surface area contributed by atoms with Gasteiger partial charge in [-0.05, 0) is 59.7 Å². The zero-order chi connectivity index (χ0) is 27.1. The predicted molar refractivity (Wildman–Crippen MR) is 153 cm³/mol. The van der Waals surface area contributed by atoms with Gasteiger partial charge in [-0.2, -0.15) is 5.26 Å². The SMILES string of the molecule is CN1C(=C(C#N)C(=O)COC(=O)c2c3c(nc4ccccc24)/C(=C/c2cccs2)CC3)N(C)c2ccccc21. The highest BCUT2D eigenvalue weighted by atomic mass is 32.1. The molecule has 6 rings (SSSR count). The molecule has 0 atom stereocenters. The van der Waals surface area contributed by atoms with Gasteiger partial charge in [0.2, 0.25) is 5.78 Å². The molecule has 0 amide bonds. The van der Waals surface area contributed by atoms with Crippen LogP contribution in [0.4, 0.5) is 11.4 Å². The topological polar surface area (TPSA) is 86.5 Å². The first-order valence-corrected chi connectivity index (χ1v) is 13.4. The van der Waals surface area contributed by atoms with Crippen molar-refractivity contribution in [3.8, 4) is 6.07 Å². The highest BCUT2D eigenvalue weighted by Gasteiger charge is 2.32. The molecule has 39 heavy (non-hydrogen) atoms. The Balaban J connectivity index is 1.31. The minimum Gasteiger partial charge on any atom is -0.454 e. The lowest BCUT2D eigenvalue weighted by molar-refractivity contribution is -0.118. The Morgan fingerprint density at radius 1 is 1.03 bits per heavy atom. The van der Waals surface area contributed by atoms with Gasteiger partial charge in [-0.1, -0.05) is 36.4 Å². The normalized spacial score (nSPS) is 14.9. The van der Waals surface area contributed by atoms with Gasteiger partial charge in [0, 0.05) is 24.4 Å². The average molecular weight is 533 g/mol. The van der Waals surface area contributed by atoms with Crippen LogP contribution >= 0.6 is 11.3 Å². The smallest absolute Gasteiger partial charge is 0.339 e. The van der Waals surface area contributed by atoms with E-state index in [9.17, 15) is 14.9 Å². The van der Waals surface area contributed by atoms with Crippen molar-refractivity contribution in [1.82, 2.24) is 4.98 Å². The van der Waals surface area contributed by atoms with E-state index in [1.165, 1.54) is 0 Å². The Labute approximate surface area is 229 Å². The summed E-state index contributed by atoms with van der Waals surface area (Å²) in [5.74, 6) is -0.687. The molecular weight excluding hydrogens is 508 g/mol. The van der Waals surface area contributed by atoms with Gasteiger partial charge >= 0.3 is 5.97 Å². The average Bonchev–Trinajstić information content (AvgIpc) is 3.67. The summed E-state index contributed by atoms with van der Waals surface area (Å²) in [5, 5.41) is 12.6. The first-order chi connectivity index (χ1) is 19.0. The van der Waals surface area contributed by atoms with E-state index >= 15 is 0 Å². The zero-order valence-electron chi connectivity index (χ0n) is 21.5. The number of thiophene rings is 1. The number of pyridine rings is 1. The molecule has 0 bridgehead atoms. The number of ether oxygens (including phenoxy) is 1. The van der Waals surface area contributed by atoms with Crippen LogP contribution in [-0.2, 0) is 16.0 Å². The first kappa shape index (κ1) is 24.6. The maximum Gasteiger partial charge on any atom is 0.339 e. The number of para-hydroxylation sites is 3. The maximum absolute atomic E-state index is 13.5. The number of esters is 1. The number of nitrogens with zero attached hydrogens (tertiary/aromatic N) is 4. The molecule has 2 aromatic heterocycles. The predicted octanol–water partition coefficient (Wildman–Crippen LogP) is 5.83. The van der Waals surface area contributed by atoms with Crippen molar-refractivity contribution in [2.45, 2.75) is 12.8 Å². The number of benzene rings is 2. The van der Waals surface area contributed by atoms with Gasteiger partial charge < -0.3 is 14.5 Å². The van der Waals surface area contributed by atoms with Crippen LogP contribution in [0, 0.1) is 11.3 Å². The monoisotopic (exact) mass is 532 g/mol. The van der Waals surface area contributed by atoms with E-state index in [-0.39, 0.29) is 5.57 Å². The van der Waals surface area contributed by atoms with Gasteiger partial charge in [0.25, 0.3) is 0 Å². The lowest BCUT2D eigenvalue weighted by Gasteiger charge is -2.20. The molecule has 0 radical (unpaired) electrons. The number of allylic oxidation sites excluding steroid dienone is 1. The van der Waals surface area contributed by atoms with Gasteiger partial charge in [-0.25, -0.2) is 9.78 Å². The molecule has 0 N–H and O–H groups in total. The van der Waals surface area contributed by atoms with E-state index in [4.69, 9.17) is 9.72 Å². The number of Topliss-reactive ketones (excluding diaryl/α,β-unsaturated/α-hetero) is 1. The summed E-state index contributed by atoms with van der Waals surface area (Å²) in [6.45, 7) is -0.535. The lowest BCUT2D eigenvalue weighted by Crippen LogP contribution is -2.28. The number of aromatic nitrogens is 1. The molecule has 0 unspecified atom stereocenters. The number of hydrogen-bond donors (Lipinski definition) is 0. The summed E-state index contributed by atoms with van der Waals surface area (Å²) in [7, 11) is 3.62. The number of hydrogen-bond acceptors (Lipinski definition) is 8. The molecule has 1 aliphatic heterocycles. The first-order valence-electron chi connectivity index (χ1n) is 12.5. The fourth-order valence-corrected chi connectivity index (χ4v) is 6.07. The maximum atomic E-state index is 13.5. The number of rotatable bonds is 5. The highest BCUT2D eigenvalue weighted by molar-refractivity contribution is 7.10. The summed E-state index contributed by atoms with van der Waals surface area (Å²) in [4.78, 5) is 36.4. The molecule has 0 fully saturated rings. The van der Waals surface area contributed by atoms with Crippen LogP contribution in [0.25, 0.3) is 22.6 Å². The number of nitriles is 1. The highest BCUT2D eigenvalue weighted by Crippen LogP contribution is 2.41. The number of fused-ring (bicyclic) bond motifs is 3. The fourth-order valence-electron chi connectivity index (χ4n) is 5.39. The van der Waals surface area contributed by atoms with Crippen LogP contribution in [0.3, 0.4) is 0 Å². The van der Waals surface area contributed by atoms with Crippen molar-refractivity contribution < 1.29 is 14.3 Å². The Hall–Kier alpha value is -4.74. The Kier molecular flexibility index (Phi) is 6.21. The third-order valence-electron chi connectivity index (χ3n) is 7.19. The minimum absolute atomic E-state index is 0.0602. The summed E-state index contributed by atoms with van der Waals surface area (Å²) in [5.41, 5.74) is 5.55. The summed E-state index contributed by atoms with van der Waals surface area (Å²) < 4.78 is 5.60. The third kappa shape index (κ3) is 4.17. The van der Waals surface area contributed by atoms with Crippen molar-refractivity contribution >= 4 is 57.0 Å². The zero-order valence-corrected chi connectivity index (χ0v) is 22.3. The van der Waals surface area contributed by atoms with E-state index in [0.717, 1.165) is 39.5 Å². The Morgan fingerprint density at radius 3 is 2.44 bits per heavy atom. The van der Waals surface area contributed by atoms with Crippen LogP contribution in [0.1, 0.15) is 32.9 Å². The number of carbonyl (C=O) groups excluding carboxylic acids is 2. The molecule has 0 spiro atoms. The number of anilines is 2. The fraction of sp³-hybridized carbons (Fsp3) is 0.161. The van der Waals surface area contributed by atoms with Crippen LogP contribution in [0.15, 0.2) is 77.4 Å². The molecule has 0 saturated heterocycles.